The van der Waals surface area contributed by atoms with E-state index < -0.39 is 23.6 Å². The van der Waals surface area contributed by atoms with E-state index in [0.717, 1.165) is 6.07 Å². The number of amides is 1. The molecule has 0 saturated heterocycles. The molecule has 0 radical (unpaired) electrons. The molecule has 0 saturated carbocycles. The number of ether oxygens (including phenoxy) is 1. The third-order valence-corrected chi connectivity index (χ3v) is 3.66. The van der Waals surface area contributed by atoms with Gasteiger partial charge in [-0.1, -0.05) is 12.1 Å². The Labute approximate surface area is 140 Å². The largest absolute Gasteiger partial charge is 0.458 e. The minimum Gasteiger partial charge on any atom is -0.384 e. The van der Waals surface area contributed by atoms with Crippen molar-refractivity contribution >= 4 is 23.4 Å². The van der Waals surface area contributed by atoms with Crippen LogP contribution in [0.5, 0.6) is 0 Å². The zero-order chi connectivity index (χ0) is 18.8. The molecule has 1 aliphatic heterocycles. The Morgan fingerprint density at radius 3 is 2.52 bits per heavy atom. The molecule has 0 atom stereocenters. The third-order valence-electron chi connectivity index (χ3n) is 3.66. The molecule has 1 aromatic rings. The standard InChI is InChI=1S/C16H15F5N2O2/c1-25-5-4-12-7-10(14(22)24)6-9-2-3-11(8-13(9)23-12)15(17,18)16(19,20)21/h2-3,6,8H,4-5,7H2,1H3,(H2,22,24). The fourth-order valence-electron chi connectivity index (χ4n) is 2.31. The number of alkyl halides is 5. The molecular weight excluding hydrogens is 347 g/mol. The molecule has 1 amide bonds. The Balaban J connectivity index is 2.55. The summed E-state index contributed by atoms with van der Waals surface area (Å²) in [5.74, 6) is -5.73. The summed E-state index contributed by atoms with van der Waals surface area (Å²) in [5, 5.41) is 0. The number of carbonyl (C=O) groups is 1. The number of halogens is 5. The van der Waals surface area contributed by atoms with Crippen molar-refractivity contribution in [2.24, 2.45) is 10.7 Å². The van der Waals surface area contributed by atoms with Gasteiger partial charge < -0.3 is 10.5 Å². The minimum absolute atomic E-state index is 0.0678. The van der Waals surface area contributed by atoms with Gasteiger partial charge in [-0.25, -0.2) is 0 Å². The number of methoxy groups -OCH3 is 1. The molecule has 0 spiro atoms. The highest BCUT2D eigenvalue weighted by atomic mass is 19.4. The summed E-state index contributed by atoms with van der Waals surface area (Å²) >= 11 is 0. The lowest BCUT2D eigenvalue weighted by Gasteiger charge is -2.20. The summed E-state index contributed by atoms with van der Waals surface area (Å²) in [6.07, 6.45) is -4.03. The van der Waals surface area contributed by atoms with Gasteiger partial charge in [0.15, 0.2) is 0 Å². The second-order valence-corrected chi connectivity index (χ2v) is 5.48. The maximum atomic E-state index is 13.6. The second-order valence-electron chi connectivity index (χ2n) is 5.48. The predicted molar refractivity (Wildman–Crippen MR) is 81.8 cm³/mol. The molecular formula is C16H15F5N2O2. The van der Waals surface area contributed by atoms with Crippen molar-refractivity contribution in [3.63, 3.8) is 0 Å². The van der Waals surface area contributed by atoms with E-state index in [1.165, 1.54) is 13.2 Å². The van der Waals surface area contributed by atoms with Crippen molar-refractivity contribution in [1.29, 1.82) is 0 Å². The van der Waals surface area contributed by atoms with Crippen LogP contribution < -0.4 is 5.73 Å². The smallest absolute Gasteiger partial charge is 0.384 e. The molecule has 0 bridgehead atoms. The number of carbonyl (C=O) groups excluding carboxylic acids is 1. The topological polar surface area (TPSA) is 64.7 Å². The molecule has 0 aromatic heterocycles. The number of hydrogen-bond donors (Lipinski definition) is 1. The van der Waals surface area contributed by atoms with E-state index in [1.54, 1.807) is 0 Å². The average molecular weight is 362 g/mol. The Morgan fingerprint density at radius 2 is 1.96 bits per heavy atom. The lowest BCUT2D eigenvalue weighted by Crippen LogP contribution is -2.33. The van der Waals surface area contributed by atoms with E-state index in [-0.39, 0.29) is 36.3 Å². The van der Waals surface area contributed by atoms with Gasteiger partial charge in [-0.2, -0.15) is 22.0 Å². The monoisotopic (exact) mass is 362 g/mol. The molecule has 1 aromatic carbocycles. The molecule has 0 aliphatic carbocycles. The van der Waals surface area contributed by atoms with Gasteiger partial charge >= 0.3 is 12.1 Å². The first kappa shape index (κ1) is 19.0. The molecule has 9 heteroatoms. The average Bonchev–Trinajstić information content (AvgIpc) is 2.70. The summed E-state index contributed by atoms with van der Waals surface area (Å²) < 4.78 is 69.7. The predicted octanol–water partition coefficient (Wildman–Crippen LogP) is 3.72. The van der Waals surface area contributed by atoms with Gasteiger partial charge in [0, 0.05) is 42.4 Å². The van der Waals surface area contributed by atoms with Crippen LogP contribution in [0.4, 0.5) is 27.6 Å². The summed E-state index contributed by atoms with van der Waals surface area (Å²) in [6.45, 7) is 0.249. The summed E-state index contributed by atoms with van der Waals surface area (Å²) in [7, 11) is 1.44. The third kappa shape index (κ3) is 4.04. The first-order valence-corrected chi connectivity index (χ1v) is 7.21. The van der Waals surface area contributed by atoms with Crippen LogP contribution in [-0.2, 0) is 15.5 Å². The van der Waals surface area contributed by atoms with Crippen LogP contribution in [0.2, 0.25) is 0 Å². The normalized spacial score (nSPS) is 15.1. The number of aliphatic imine (C=N–C) groups is 1. The molecule has 0 unspecified atom stereocenters. The maximum absolute atomic E-state index is 13.6. The van der Waals surface area contributed by atoms with Gasteiger partial charge in [0.25, 0.3) is 0 Å². The second kappa shape index (κ2) is 6.91. The van der Waals surface area contributed by atoms with Crippen LogP contribution in [0, 0.1) is 0 Å². The van der Waals surface area contributed by atoms with Gasteiger partial charge in [-0.3, -0.25) is 9.79 Å². The Kier molecular flexibility index (Phi) is 5.26. The van der Waals surface area contributed by atoms with E-state index in [9.17, 15) is 26.7 Å². The molecule has 2 N–H and O–H groups in total. The number of benzene rings is 1. The minimum atomic E-state index is -5.72. The van der Waals surface area contributed by atoms with Crippen LogP contribution in [0.3, 0.4) is 0 Å². The van der Waals surface area contributed by atoms with Crippen molar-refractivity contribution in [3.05, 3.63) is 34.9 Å². The van der Waals surface area contributed by atoms with Gasteiger partial charge in [0.2, 0.25) is 5.91 Å². The van der Waals surface area contributed by atoms with E-state index in [4.69, 9.17) is 10.5 Å². The van der Waals surface area contributed by atoms with Gasteiger partial charge in [0.1, 0.15) is 0 Å². The van der Waals surface area contributed by atoms with Crippen molar-refractivity contribution in [3.8, 4) is 0 Å². The highest BCUT2D eigenvalue weighted by Gasteiger charge is 2.58. The zero-order valence-electron chi connectivity index (χ0n) is 13.2. The van der Waals surface area contributed by atoms with Gasteiger partial charge in [0.05, 0.1) is 12.3 Å². The van der Waals surface area contributed by atoms with Gasteiger partial charge in [-0.05, 0) is 12.1 Å². The van der Waals surface area contributed by atoms with Crippen molar-refractivity contribution in [2.75, 3.05) is 13.7 Å². The molecule has 0 fully saturated rings. The Bertz CT molecular complexity index is 739. The van der Waals surface area contributed by atoms with E-state index in [0.29, 0.717) is 17.8 Å². The van der Waals surface area contributed by atoms with Gasteiger partial charge in [-0.15, -0.1) is 0 Å². The summed E-state index contributed by atoms with van der Waals surface area (Å²) in [6, 6.07) is 2.41. The lowest BCUT2D eigenvalue weighted by molar-refractivity contribution is -0.289. The summed E-state index contributed by atoms with van der Waals surface area (Å²) in [4.78, 5) is 15.6. The van der Waals surface area contributed by atoms with E-state index >= 15 is 0 Å². The number of rotatable bonds is 5. The van der Waals surface area contributed by atoms with Crippen LogP contribution >= 0.6 is 0 Å². The molecule has 1 heterocycles. The number of nitrogens with two attached hydrogens (primary N) is 1. The SMILES string of the molecule is COCCC1=Nc2cc(C(F)(F)C(F)(F)F)ccc2C=C(C(N)=O)C1. The number of primary amides is 1. The van der Waals surface area contributed by atoms with Crippen molar-refractivity contribution in [1.82, 2.24) is 0 Å². The molecule has 25 heavy (non-hydrogen) atoms. The first-order valence-electron chi connectivity index (χ1n) is 7.21. The molecule has 4 nitrogen and oxygen atoms in total. The zero-order valence-corrected chi connectivity index (χ0v) is 13.2. The Hall–Kier alpha value is -2.29. The molecule has 2 rings (SSSR count). The highest BCUT2D eigenvalue weighted by Crippen LogP contribution is 2.45. The number of hydrogen-bond acceptors (Lipinski definition) is 3. The summed E-state index contributed by atoms with van der Waals surface area (Å²) in [5.41, 5.74) is 4.80. The van der Waals surface area contributed by atoms with Crippen LogP contribution in [0.15, 0.2) is 28.8 Å². The fourth-order valence-corrected chi connectivity index (χ4v) is 2.31. The van der Waals surface area contributed by atoms with Crippen LogP contribution in [-0.4, -0.2) is 31.5 Å². The fraction of sp³-hybridized carbons (Fsp3) is 0.375. The quantitative estimate of drug-likeness (QED) is 0.812. The van der Waals surface area contributed by atoms with Crippen LogP contribution in [0.25, 0.3) is 6.08 Å². The van der Waals surface area contributed by atoms with Crippen molar-refractivity contribution < 1.29 is 31.5 Å². The van der Waals surface area contributed by atoms with Crippen LogP contribution in [0.1, 0.15) is 24.0 Å². The first-order chi connectivity index (χ1) is 11.6. The van der Waals surface area contributed by atoms with E-state index in [2.05, 4.69) is 4.99 Å². The highest BCUT2D eigenvalue weighted by molar-refractivity contribution is 6.05. The van der Waals surface area contributed by atoms with E-state index in [1.807, 2.05) is 0 Å². The maximum Gasteiger partial charge on any atom is 0.458 e. The number of fused-ring (bicyclic) bond motifs is 1. The van der Waals surface area contributed by atoms with Crippen molar-refractivity contribution in [2.45, 2.75) is 24.9 Å². The Morgan fingerprint density at radius 1 is 1.28 bits per heavy atom. The number of nitrogens with zero attached hydrogens (tertiary/aromatic N) is 1. The molecule has 136 valence electrons. The lowest BCUT2D eigenvalue weighted by atomic mass is 10.0. The molecule has 1 aliphatic rings.